The van der Waals surface area contributed by atoms with E-state index in [1.807, 2.05) is 4.90 Å². The molecule has 240 valence electrons. The first-order valence-corrected chi connectivity index (χ1v) is 15.2. The van der Waals surface area contributed by atoms with Crippen molar-refractivity contribution in [2.24, 2.45) is 0 Å². The number of hydrogen-bond donors (Lipinski definition) is 2. The molecule has 4 fully saturated rings. The third-order valence-electron chi connectivity index (χ3n) is 10.2. The fourth-order valence-electron chi connectivity index (χ4n) is 8.18. The Labute approximate surface area is 254 Å². The number of pyridine rings is 1. The van der Waals surface area contributed by atoms with Gasteiger partial charge < -0.3 is 25.4 Å². The van der Waals surface area contributed by atoms with Crippen LogP contribution >= 0.6 is 0 Å². The molecule has 0 radical (unpaired) electrons. The van der Waals surface area contributed by atoms with Gasteiger partial charge in [-0.15, -0.1) is 0 Å². The monoisotopic (exact) mass is 635 g/mol. The van der Waals surface area contributed by atoms with Crippen LogP contribution in [0.5, 0.6) is 11.9 Å². The van der Waals surface area contributed by atoms with Crippen LogP contribution in [-0.4, -0.2) is 82.5 Å². The van der Waals surface area contributed by atoms with Crippen LogP contribution in [0.2, 0.25) is 0 Å². The Hall–Kier alpha value is -3.59. The fourth-order valence-corrected chi connectivity index (χ4v) is 8.18. The van der Waals surface area contributed by atoms with Crippen molar-refractivity contribution < 1.29 is 35.8 Å². The molecule has 3 N–H and O–H groups in total. The number of halogens is 6. The highest BCUT2D eigenvalue weighted by atomic mass is 19.4. The number of nitrogens with zero attached hydrogens (tertiary/aromatic N) is 5. The molecule has 0 aliphatic carbocycles. The summed E-state index contributed by atoms with van der Waals surface area (Å²) in [6, 6.07) is 0.527. The van der Waals surface area contributed by atoms with Gasteiger partial charge in [0, 0.05) is 37.2 Å². The molecule has 0 saturated carbocycles. The minimum Gasteiger partial charge on any atom is -0.475 e. The topological polar surface area (TPSA) is 102 Å². The van der Waals surface area contributed by atoms with E-state index in [4.69, 9.17) is 20.2 Å². The van der Waals surface area contributed by atoms with Gasteiger partial charge in [0.15, 0.2) is 5.82 Å². The fraction of sp³-hybridized carbons (Fsp3) is 0.567. The number of ether oxygens (including phenoxy) is 2. The van der Waals surface area contributed by atoms with E-state index in [0.717, 1.165) is 45.2 Å². The summed E-state index contributed by atoms with van der Waals surface area (Å²) in [5.74, 6) is -2.25. The molecule has 45 heavy (non-hydrogen) atoms. The lowest BCUT2D eigenvalue weighted by atomic mass is 9.95. The number of fused-ring (bicyclic) bond motifs is 6. The molecular formula is C30H31F6N7O2. The molecule has 15 heteroatoms. The first kappa shape index (κ1) is 28.9. The number of hydrogen-bond acceptors (Lipinski definition) is 9. The molecule has 2 aromatic heterocycles. The molecule has 7 heterocycles. The van der Waals surface area contributed by atoms with Crippen LogP contribution in [0.15, 0.2) is 6.07 Å². The Morgan fingerprint density at radius 2 is 1.98 bits per heavy atom. The SMILES string of the molecule is Cc1c(F)c(N)cc(-c2nc3c4c(nc(OC[C@@]56CCCN5C[C@H](F)C6)nc4c2F)N2C[C@H]4CC[C@H](N4)[C@H]2CO3)c1C(F)(F)F. The third kappa shape index (κ3) is 4.40. The number of nitrogens with one attached hydrogen (secondary N) is 1. The molecule has 0 amide bonds. The normalized spacial score (nSPS) is 29.1. The van der Waals surface area contributed by atoms with Crippen LogP contribution in [0.1, 0.15) is 43.2 Å². The van der Waals surface area contributed by atoms with Gasteiger partial charge in [0.2, 0.25) is 5.88 Å². The van der Waals surface area contributed by atoms with Crippen LogP contribution in [-0.2, 0) is 6.18 Å². The number of benzene rings is 1. The predicted molar refractivity (Wildman–Crippen MR) is 152 cm³/mol. The summed E-state index contributed by atoms with van der Waals surface area (Å²) < 4.78 is 101. The predicted octanol–water partition coefficient (Wildman–Crippen LogP) is 4.54. The molecule has 0 spiro atoms. The van der Waals surface area contributed by atoms with Crippen LogP contribution in [0.3, 0.4) is 0 Å². The summed E-state index contributed by atoms with van der Waals surface area (Å²) >= 11 is 0. The van der Waals surface area contributed by atoms with Gasteiger partial charge in [-0.25, -0.2) is 18.2 Å². The molecule has 5 atom stereocenters. The summed E-state index contributed by atoms with van der Waals surface area (Å²) in [6.45, 7) is 2.70. The number of rotatable bonds is 4. The van der Waals surface area contributed by atoms with Crippen molar-refractivity contribution >= 4 is 22.4 Å². The Morgan fingerprint density at radius 1 is 1.16 bits per heavy atom. The maximum Gasteiger partial charge on any atom is 0.417 e. The van der Waals surface area contributed by atoms with Gasteiger partial charge in [0.25, 0.3) is 0 Å². The average Bonchev–Trinajstić information content (AvgIpc) is 3.62. The molecule has 8 rings (SSSR count). The largest absolute Gasteiger partial charge is 0.475 e. The molecule has 3 aromatic rings. The van der Waals surface area contributed by atoms with Crippen LogP contribution in [0.4, 0.5) is 37.8 Å². The molecule has 4 saturated heterocycles. The zero-order chi connectivity index (χ0) is 31.4. The van der Waals surface area contributed by atoms with Gasteiger partial charge in [-0.2, -0.15) is 23.1 Å². The lowest BCUT2D eigenvalue weighted by molar-refractivity contribution is -0.137. The molecule has 5 aliphatic rings. The van der Waals surface area contributed by atoms with Gasteiger partial charge in [-0.05, 0) is 50.8 Å². The smallest absolute Gasteiger partial charge is 0.417 e. The van der Waals surface area contributed by atoms with Crippen LogP contribution in [0, 0.1) is 18.6 Å². The molecule has 1 aromatic carbocycles. The maximum absolute atomic E-state index is 16.7. The number of aromatic nitrogens is 3. The number of nitrogen functional groups attached to an aromatic ring is 1. The summed E-state index contributed by atoms with van der Waals surface area (Å²) in [5.41, 5.74) is 0.639. The van der Waals surface area contributed by atoms with E-state index in [1.165, 1.54) is 0 Å². The lowest BCUT2D eigenvalue weighted by Gasteiger charge is -2.40. The third-order valence-corrected chi connectivity index (χ3v) is 10.2. The Morgan fingerprint density at radius 3 is 2.78 bits per heavy atom. The van der Waals surface area contributed by atoms with Crippen molar-refractivity contribution in [3.05, 3.63) is 28.8 Å². The van der Waals surface area contributed by atoms with Crippen molar-refractivity contribution in [3.63, 3.8) is 0 Å². The van der Waals surface area contributed by atoms with Gasteiger partial charge in [-0.3, -0.25) is 4.90 Å². The van der Waals surface area contributed by atoms with E-state index in [1.54, 1.807) is 0 Å². The number of alkyl halides is 4. The standard InChI is InChI=1S/C30H31F6N7O2/c1-13-21(30(34,35)36)16(7-17(37)22(13)32)24-23(33)25-20-26(43-10-15-3-4-18(38-15)19(43)11-44-27(20)39-24)41-28(40-25)45-12-29-5-2-6-42(29)9-14(31)8-29/h7,14-15,18-19,38H,2-6,8-12,37H2,1H3/t14-,15-,18+,19-,29+/m1/s1. The van der Waals surface area contributed by atoms with Crippen molar-refractivity contribution in [2.45, 2.75) is 75.0 Å². The Bertz CT molecular complexity index is 1720. The quantitative estimate of drug-likeness (QED) is 0.316. The highest BCUT2D eigenvalue weighted by Crippen LogP contribution is 2.47. The first-order valence-electron chi connectivity index (χ1n) is 15.2. The van der Waals surface area contributed by atoms with Crippen molar-refractivity contribution in [3.8, 4) is 23.1 Å². The zero-order valence-electron chi connectivity index (χ0n) is 24.4. The van der Waals surface area contributed by atoms with Gasteiger partial charge in [-0.1, -0.05) is 0 Å². The van der Waals surface area contributed by atoms with E-state index in [9.17, 15) is 22.0 Å². The van der Waals surface area contributed by atoms with E-state index < -0.39 is 57.6 Å². The minimum absolute atomic E-state index is 0.0408. The summed E-state index contributed by atoms with van der Waals surface area (Å²) in [6.07, 6.45) is -2.33. The number of anilines is 2. The first-order chi connectivity index (χ1) is 21.4. The summed E-state index contributed by atoms with van der Waals surface area (Å²) in [5, 5.41) is 3.67. The average molecular weight is 636 g/mol. The highest BCUT2D eigenvalue weighted by Gasteiger charge is 2.50. The minimum atomic E-state index is -5.05. The van der Waals surface area contributed by atoms with E-state index >= 15 is 4.39 Å². The lowest BCUT2D eigenvalue weighted by Crippen LogP contribution is -2.60. The molecule has 0 unspecified atom stereocenters. The molecule has 9 nitrogen and oxygen atoms in total. The van der Waals surface area contributed by atoms with E-state index in [0.29, 0.717) is 25.3 Å². The second-order valence-corrected chi connectivity index (χ2v) is 12.9. The second kappa shape index (κ2) is 9.95. The maximum atomic E-state index is 16.7. The highest BCUT2D eigenvalue weighted by molar-refractivity contribution is 5.97. The van der Waals surface area contributed by atoms with Crippen molar-refractivity contribution in [1.29, 1.82) is 0 Å². The summed E-state index contributed by atoms with van der Waals surface area (Å²) in [4.78, 5) is 17.4. The molecule has 2 bridgehead atoms. The Kier molecular flexibility index (Phi) is 6.38. The van der Waals surface area contributed by atoms with Gasteiger partial charge in [0.05, 0.1) is 22.8 Å². The number of nitrogens with two attached hydrogens (primary N) is 1. The number of piperazine rings is 1. The van der Waals surface area contributed by atoms with E-state index in [2.05, 4.69) is 20.2 Å². The van der Waals surface area contributed by atoms with Crippen molar-refractivity contribution in [1.82, 2.24) is 25.2 Å². The van der Waals surface area contributed by atoms with Gasteiger partial charge in [0.1, 0.15) is 47.6 Å². The second-order valence-electron chi connectivity index (χ2n) is 12.9. The van der Waals surface area contributed by atoms with Crippen LogP contribution in [0.25, 0.3) is 22.2 Å². The zero-order valence-corrected chi connectivity index (χ0v) is 24.4. The molecule has 5 aliphatic heterocycles. The van der Waals surface area contributed by atoms with Crippen LogP contribution < -0.4 is 25.4 Å². The molecular weight excluding hydrogens is 604 g/mol. The van der Waals surface area contributed by atoms with E-state index in [-0.39, 0.29) is 54.1 Å². The Balaban J connectivity index is 1.32. The van der Waals surface area contributed by atoms with Crippen molar-refractivity contribution in [2.75, 3.05) is 43.5 Å². The van der Waals surface area contributed by atoms with Gasteiger partial charge >= 0.3 is 12.2 Å². The summed E-state index contributed by atoms with van der Waals surface area (Å²) in [7, 11) is 0.